The molecule has 0 radical (unpaired) electrons. The molecule has 5 heteroatoms. The molecule has 1 heterocycles. The summed E-state index contributed by atoms with van der Waals surface area (Å²) in [5.41, 5.74) is 1.97. The Balaban J connectivity index is 2.19. The Morgan fingerprint density at radius 2 is 1.88 bits per heavy atom. The third-order valence-electron chi connectivity index (χ3n) is 3.46. The first-order valence-electron chi connectivity index (χ1n) is 8.00. The van der Waals surface area contributed by atoms with Crippen LogP contribution in [0.1, 0.15) is 31.1 Å². The van der Waals surface area contributed by atoms with Crippen molar-refractivity contribution in [2.24, 2.45) is 5.41 Å². The van der Waals surface area contributed by atoms with Crippen LogP contribution in [0.5, 0.6) is 0 Å². The molecule has 1 amide bonds. The highest BCUT2D eigenvalue weighted by molar-refractivity contribution is 5.98. The van der Waals surface area contributed by atoms with E-state index in [0.717, 1.165) is 11.1 Å². The smallest absolute Gasteiger partial charge is 0.330 e. The number of nitrogens with one attached hydrogen (secondary N) is 1. The summed E-state index contributed by atoms with van der Waals surface area (Å²) in [5.74, 6) is -1.53. The summed E-state index contributed by atoms with van der Waals surface area (Å²) in [7, 11) is 0. The molecular formula is C20H22N2O3. The monoisotopic (exact) mass is 338 g/mol. The van der Waals surface area contributed by atoms with E-state index >= 15 is 0 Å². The standard InChI is InChI=1S/C20H22N2O3/c1-20(2,3)10-9-17(19(24)25)22-18(23)15-7-4-6-14(12-15)16-8-5-11-21-13-16/h4-13,17H,1-3H3,(H,22,23)(H,24,25)/b10-9+. The topological polar surface area (TPSA) is 79.3 Å². The number of amides is 1. The molecule has 0 saturated carbocycles. The molecule has 1 unspecified atom stereocenters. The zero-order valence-corrected chi connectivity index (χ0v) is 14.6. The molecule has 0 fully saturated rings. The Morgan fingerprint density at radius 3 is 2.48 bits per heavy atom. The zero-order chi connectivity index (χ0) is 18.4. The van der Waals surface area contributed by atoms with Crippen LogP contribution in [0.4, 0.5) is 0 Å². The van der Waals surface area contributed by atoms with Gasteiger partial charge in [0.15, 0.2) is 0 Å². The number of aliphatic carboxylic acids is 1. The molecule has 5 nitrogen and oxygen atoms in total. The summed E-state index contributed by atoms with van der Waals surface area (Å²) in [6, 6.07) is 9.66. The lowest BCUT2D eigenvalue weighted by Crippen LogP contribution is -2.39. The van der Waals surface area contributed by atoms with Gasteiger partial charge >= 0.3 is 5.97 Å². The van der Waals surface area contributed by atoms with E-state index < -0.39 is 17.9 Å². The van der Waals surface area contributed by atoms with Crippen molar-refractivity contribution in [3.63, 3.8) is 0 Å². The maximum Gasteiger partial charge on any atom is 0.330 e. The van der Waals surface area contributed by atoms with Gasteiger partial charge in [-0.3, -0.25) is 9.78 Å². The Hall–Kier alpha value is -2.95. The predicted molar refractivity (Wildman–Crippen MR) is 97.2 cm³/mol. The van der Waals surface area contributed by atoms with Gasteiger partial charge < -0.3 is 10.4 Å². The van der Waals surface area contributed by atoms with E-state index in [1.54, 1.807) is 36.7 Å². The maximum absolute atomic E-state index is 12.4. The fraction of sp³-hybridized carbons (Fsp3) is 0.250. The van der Waals surface area contributed by atoms with Crippen LogP contribution in [0.25, 0.3) is 11.1 Å². The highest BCUT2D eigenvalue weighted by Crippen LogP contribution is 2.19. The van der Waals surface area contributed by atoms with E-state index in [-0.39, 0.29) is 5.41 Å². The largest absolute Gasteiger partial charge is 0.479 e. The molecule has 1 aromatic heterocycles. The van der Waals surface area contributed by atoms with Gasteiger partial charge in [0.25, 0.3) is 5.91 Å². The molecule has 0 spiro atoms. The number of rotatable bonds is 5. The van der Waals surface area contributed by atoms with Crippen LogP contribution >= 0.6 is 0 Å². The fourth-order valence-corrected chi connectivity index (χ4v) is 2.18. The Kier molecular flexibility index (Phi) is 5.70. The van der Waals surface area contributed by atoms with Gasteiger partial charge in [-0.05, 0) is 29.2 Å². The van der Waals surface area contributed by atoms with E-state index in [2.05, 4.69) is 10.3 Å². The van der Waals surface area contributed by atoms with Crippen LogP contribution in [-0.2, 0) is 4.79 Å². The van der Waals surface area contributed by atoms with Crippen molar-refractivity contribution in [3.8, 4) is 11.1 Å². The maximum atomic E-state index is 12.4. The van der Waals surface area contributed by atoms with Crippen molar-refractivity contribution in [2.45, 2.75) is 26.8 Å². The van der Waals surface area contributed by atoms with E-state index in [1.807, 2.05) is 39.0 Å². The van der Waals surface area contributed by atoms with E-state index in [0.29, 0.717) is 5.56 Å². The van der Waals surface area contributed by atoms with Crippen LogP contribution in [0.2, 0.25) is 0 Å². The van der Waals surface area contributed by atoms with E-state index in [9.17, 15) is 14.7 Å². The SMILES string of the molecule is CC(C)(C)/C=C/C(NC(=O)c1cccc(-c2cccnc2)c1)C(=O)O. The number of pyridine rings is 1. The lowest BCUT2D eigenvalue weighted by Gasteiger charge is -2.15. The van der Waals surface area contributed by atoms with Gasteiger partial charge in [0.05, 0.1) is 0 Å². The Labute approximate surface area is 147 Å². The minimum Gasteiger partial charge on any atom is -0.479 e. The molecule has 0 aliphatic rings. The number of carboxylic acids is 1. The third-order valence-corrected chi connectivity index (χ3v) is 3.46. The second kappa shape index (κ2) is 7.75. The number of carbonyl (C=O) groups is 2. The first kappa shape index (κ1) is 18.4. The summed E-state index contributed by atoms with van der Waals surface area (Å²) in [5, 5.41) is 11.9. The predicted octanol–water partition coefficient (Wildman–Crippen LogP) is 3.53. The third kappa shape index (κ3) is 5.57. The van der Waals surface area contributed by atoms with Crippen LogP contribution in [0.15, 0.2) is 60.9 Å². The first-order chi connectivity index (χ1) is 11.8. The lowest BCUT2D eigenvalue weighted by molar-refractivity contribution is -0.137. The molecule has 130 valence electrons. The fourth-order valence-electron chi connectivity index (χ4n) is 2.18. The van der Waals surface area contributed by atoms with Crippen LogP contribution < -0.4 is 5.32 Å². The van der Waals surface area contributed by atoms with Gasteiger partial charge in [0, 0.05) is 23.5 Å². The van der Waals surface area contributed by atoms with Crippen molar-refractivity contribution in [1.29, 1.82) is 0 Å². The highest BCUT2D eigenvalue weighted by Gasteiger charge is 2.19. The number of aromatic nitrogens is 1. The number of carboxylic acid groups (broad SMARTS) is 1. The molecular weight excluding hydrogens is 316 g/mol. The second-order valence-corrected chi connectivity index (χ2v) is 6.84. The highest BCUT2D eigenvalue weighted by atomic mass is 16.4. The Bertz CT molecular complexity index is 777. The number of allylic oxidation sites excluding steroid dienone is 1. The molecule has 25 heavy (non-hydrogen) atoms. The number of benzene rings is 1. The molecule has 2 aromatic rings. The number of hydrogen-bond donors (Lipinski definition) is 2. The summed E-state index contributed by atoms with van der Waals surface area (Å²) < 4.78 is 0. The van der Waals surface area contributed by atoms with Crippen LogP contribution in [0.3, 0.4) is 0 Å². The number of hydrogen-bond acceptors (Lipinski definition) is 3. The van der Waals surface area contributed by atoms with Crippen molar-refractivity contribution >= 4 is 11.9 Å². The van der Waals surface area contributed by atoms with Gasteiger partial charge in [-0.1, -0.05) is 51.1 Å². The lowest BCUT2D eigenvalue weighted by atomic mass is 9.95. The second-order valence-electron chi connectivity index (χ2n) is 6.84. The van der Waals surface area contributed by atoms with Gasteiger partial charge in [-0.2, -0.15) is 0 Å². The minimum atomic E-state index is -1.10. The van der Waals surface area contributed by atoms with Gasteiger partial charge in [0.1, 0.15) is 6.04 Å². The van der Waals surface area contributed by atoms with E-state index in [1.165, 1.54) is 6.08 Å². The van der Waals surface area contributed by atoms with Crippen molar-refractivity contribution in [3.05, 3.63) is 66.5 Å². The van der Waals surface area contributed by atoms with Gasteiger partial charge in [-0.25, -0.2) is 4.79 Å². The molecule has 1 aromatic carbocycles. The van der Waals surface area contributed by atoms with Crippen molar-refractivity contribution in [1.82, 2.24) is 10.3 Å². The molecule has 1 atom stereocenters. The average Bonchev–Trinajstić information content (AvgIpc) is 2.58. The van der Waals surface area contributed by atoms with Crippen molar-refractivity contribution < 1.29 is 14.7 Å². The zero-order valence-electron chi connectivity index (χ0n) is 14.6. The van der Waals surface area contributed by atoms with Crippen molar-refractivity contribution in [2.75, 3.05) is 0 Å². The van der Waals surface area contributed by atoms with E-state index in [4.69, 9.17) is 0 Å². The molecule has 0 bridgehead atoms. The molecule has 0 aliphatic heterocycles. The normalized spacial score (nSPS) is 12.8. The van der Waals surface area contributed by atoms with Crippen LogP contribution in [-0.4, -0.2) is 28.0 Å². The minimum absolute atomic E-state index is 0.168. The molecule has 0 aliphatic carbocycles. The summed E-state index contributed by atoms with van der Waals surface area (Å²) in [6.45, 7) is 5.88. The Morgan fingerprint density at radius 1 is 1.16 bits per heavy atom. The first-order valence-corrected chi connectivity index (χ1v) is 8.00. The van der Waals surface area contributed by atoms with Crippen LogP contribution in [0, 0.1) is 5.41 Å². The summed E-state index contributed by atoms with van der Waals surface area (Å²) >= 11 is 0. The van der Waals surface area contributed by atoms with Gasteiger partial charge in [-0.15, -0.1) is 0 Å². The average molecular weight is 338 g/mol. The van der Waals surface area contributed by atoms with Gasteiger partial charge in [0.2, 0.25) is 0 Å². The number of carbonyl (C=O) groups excluding carboxylic acids is 1. The summed E-state index contributed by atoms with van der Waals surface area (Å²) in [4.78, 5) is 27.9. The molecule has 0 saturated heterocycles. The number of nitrogens with zero attached hydrogens (tertiary/aromatic N) is 1. The molecule has 2 N–H and O–H groups in total. The quantitative estimate of drug-likeness (QED) is 0.817. The molecule has 2 rings (SSSR count). The summed E-state index contributed by atoms with van der Waals surface area (Å²) in [6.07, 6.45) is 6.67.